The van der Waals surface area contributed by atoms with E-state index in [-0.39, 0.29) is 4.90 Å². The molecule has 0 heterocycles. The Morgan fingerprint density at radius 1 is 0.826 bits per heavy atom. The molecule has 0 aliphatic rings. The number of hydrogen-bond donors (Lipinski definition) is 1. The van der Waals surface area contributed by atoms with Gasteiger partial charge >= 0.3 is 0 Å². The van der Waals surface area contributed by atoms with Crippen LogP contribution in [0.1, 0.15) is 27.7 Å². The Morgan fingerprint density at radius 3 is 1.70 bits per heavy atom. The van der Waals surface area contributed by atoms with Gasteiger partial charge in [0, 0.05) is 0 Å². The van der Waals surface area contributed by atoms with Gasteiger partial charge in [-0.15, -0.1) is 0 Å². The molecule has 0 saturated carbocycles. The van der Waals surface area contributed by atoms with Crippen LogP contribution < -0.4 is 0 Å². The van der Waals surface area contributed by atoms with Gasteiger partial charge in [-0.2, -0.15) is 8.42 Å². The van der Waals surface area contributed by atoms with E-state index in [9.17, 15) is 8.42 Å². The van der Waals surface area contributed by atoms with Crippen LogP contribution in [0, 0.1) is 0 Å². The summed E-state index contributed by atoms with van der Waals surface area (Å²) in [6, 6.07) is 11.9. The third-order valence-electron chi connectivity index (χ3n) is 4.70. The van der Waals surface area contributed by atoms with Crippen molar-refractivity contribution in [3.8, 4) is 0 Å². The molecule has 0 saturated heterocycles. The molecule has 0 amide bonds. The van der Waals surface area contributed by atoms with Crippen molar-refractivity contribution in [2.24, 2.45) is 0 Å². The maximum absolute atomic E-state index is 10.8. The largest absolute Gasteiger partial charge is 0.325 e. The molecular formula is C18H28NO3S+. The second-order valence-electron chi connectivity index (χ2n) is 5.59. The SMILES string of the molecule is CC[N+](CC)(CC)CC.O=S(=O)(O)c1ccc2ccccc2c1. The number of hydrogen-bond acceptors (Lipinski definition) is 2. The molecule has 0 fully saturated rings. The number of nitrogens with zero attached hydrogens (tertiary/aromatic N) is 1. The maximum Gasteiger partial charge on any atom is 0.294 e. The van der Waals surface area contributed by atoms with Gasteiger partial charge in [0.1, 0.15) is 0 Å². The zero-order valence-electron chi connectivity index (χ0n) is 14.5. The average molecular weight is 338 g/mol. The molecule has 0 unspecified atom stereocenters. The molecular weight excluding hydrogens is 310 g/mol. The second-order valence-corrected chi connectivity index (χ2v) is 7.01. The highest BCUT2D eigenvalue weighted by Gasteiger charge is 2.16. The molecule has 0 aromatic heterocycles. The minimum Gasteiger partial charge on any atom is -0.325 e. The van der Waals surface area contributed by atoms with Gasteiger partial charge in [0.15, 0.2) is 0 Å². The third-order valence-corrected chi connectivity index (χ3v) is 5.55. The van der Waals surface area contributed by atoms with E-state index >= 15 is 0 Å². The summed E-state index contributed by atoms with van der Waals surface area (Å²) in [6.45, 7) is 14.2. The lowest BCUT2D eigenvalue weighted by atomic mass is 10.1. The minimum absolute atomic E-state index is 0.0730. The summed E-state index contributed by atoms with van der Waals surface area (Å²) in [4.78, 5) is -0.0730. The van der Waals surface area contributed by atoms with Crippen LogP contribution in [-0.2, 0) is 10.1 Å². The Hall–Kier alpha value is -1.43. The molecule has 0 spiro atoms. The van der Waals surface area contributed by atoms with Crippen molar-refractivity contribution >= 4 is 20.9 Å². The number of rotatable bonds is 5. The number of quaternary nitrogens is 1. The summed E-state index contributed by atoms with van der Waals surface area (Å²) in [6.07, 6.45) is 0. The van der Waals surface area contributed by atoms with Crippen LogP contribution >= 0.6 is 0 Å². The van der Waals surface area contributed by atoms with Crippen LogP contribution in [0.15, 0.2) is 47.4 Å². The first-order valence-electron chi connectivity index (χ1n) is 8.13. The molecule has 4 nitrogen and oxygen atoms in total. The Kier molecular flexibility index (Phi) is 7.19. The van der Waals surface area contributed by atoms with Gasteiger partial charge in [0.25, 0.3) is 10.1 Å². The van der Waals surface area contributed by atoms with Crippen molar-refractivity contribution < 1.29 is 17.5 Å². The topological polar surface area (TPSA) is 54.4 Å². The quantitative estimate of drug-likeness (QED) is 0.663. The minimum atomic E-state index is -4.09. The van der Waals surface area contributed by atoms with Crippen molar-refractivity contribution in [2.45, 2.75) is 32.6 Å². The molecule has 0 radical (unpaired) electrons. The predicted octanol–water partition coefficient (Wildman–Crippen LogP) is 3.97. The molecule has 128 valence electrons. The summed E-state index contributed by atoms with van der Waals surface area (Å²) in [5.41, 5.74) is 0. The van der Waals surface area contributed by atoms with Crippen molar-refractivity contribution in [1.29, 1.82) is 0 Å². The van der Waals surface area contributed by atoms with E-state index in [1.165, 1.54) is 42.8 Å². The first-order valence-corrected chi connectivity index (χ1v) is 9.57. The van der Waals surface area contributed by atoms with Gasteiger partial charge in [-0.25, -0.2) is 0 Å². The van der Waals surface area contributed by atoms with E-state index < -0.39 is 10.1 Å². The van der Waals surface area contributed by atoms with Crippen LogP contribution in [0.4, 0.5) is 0 Å². The lowest BCUT2D eigenvalue weighted by molar-refractivity contribution is -0.921. The van der Waals surface area contributed by atoms with Gasteiger partial charge in [0.2, 0.25) is 0 Å². The van der Waals surface area contributed by atoms with E-state index in [4.69, 9.17) is 4.55 Å². The molecule has 0 aliphatic carbocycles. The van der Waals surface area contributed by atoms with Gasteiger partial charge in [-0.3, -0.25) is 4.55 Å². The zero-order chi connectivity index (χ0) is 17.5. The number of benzene rings is 2. The lowest BCUT2D eigenvalue weighted by Gasteiger charge is -2.34. The smallest absolute Gasteiger partial charge is 0.294 e. The highest BCUT2D eigenvalue weighted by molar-refractivity contribution is 7.85. The molecule has 1 N–H and O–H groups in total. The molecule has 5 heteroatoms. The second kappa shape index (κ2) is 8.43. The summed E-state index contributed by atoms with van der Waals surface area (Å²) < 4.78 is 31.8. The summed E-state index contributed by atoms with van der Waals surface area (Å²) in [5, 5.41) is 1.74. The van der Waals surface area contributed by atoms with Crippen LogP contribution in [0.3, 0.4) is 0 Å². The first kappa shape index (κ1) is 19.6. The average Bonchev–Trinajstić information content (AvgIpc) is 2.57. The van der Waals surface area contributed by atoms with Crippen molar-refractivity contribution in [1.82, 2.24) is 0 Å². The standard InChI is InChI=1S/C10H8O3S.C8H20N/c11-14(12,13)10-6-5-8-3-1-2-4-9(8)7-10;1-5-9(6-2,7-3)8-4/h1-7H,(H,11,12,13);5-8H2,1-4H3/q;+1. The fourth-order valence-corrected chi connectivity index (χ4v) is 3.19. The molecule has 0 bridgehead atoms. The van der Waals surface area contributed by atoms with Crippen LogP contribution in [-0.4, -0.2) is 43.6 Å². The van der Waals surface area contributed by atoms with Gasteiger partial charge in [0.05, 0.1) is 31.1 Å². The molecule has 23 heavy (non-hydrogen) atoms. The summed E-state index contributed by atoms with van der Waals surface area (Å²) in [7, 11) is -4.09. The molecule has 0 aliphatic heterocycles. The molecule has 2 aromatic rings. The first-order chi connectivity index (χ1) is 10.8. The van der Waals surface area contributed by atoms with E-state index in [2.05, 4.69) is 27.7 Å². The predicted molar refractivity (Wildman–Crippen MR) is 96.2 cm³/mol. The Balaban J connectivity index is 0.000000257. The number of fused-ring (bicyclic) bond motifs is 1. The van der Waals surface area contributed by atoms with E-state index in [0.717, 1.165) is 10.8 Å². The van der Waals surface area contributed by atoms with Crippen LogP contribution in [0.2, 0.25) is 0 Å². The summed E-state index contributed by atoms with van der Waals surface area (Å²) in [5.74, 6) is 0. The molecule has 2 aromatic carbocycles. The highest BCUT2D eigenvalue weighted by Crippen LogP contribution is 2.18. The Morgan fingerprint density at radius 2 is 1.30 bits per heavy atom. The van der Waals surface area contributed by atoms with Gasteiger partial charge in [-0.1, -0.05) is 30.3 Å². The van der Waals surface area contributed by atoms with E-state index in [1.54, 1.807) is 12.1 Å². The van der Waals surface area contributed by atoms with Gasteiger partial charge < -0.3 is 4.48 Å². The molecule has 0 atom stereocenters. The third kappa shape index (κ3) is 5.30. The van der Waals surface area contributed by atoms with Crippen LogP contribution in [0.25, 0.3) is 10.8 Å². The zero-order valence-corrected chi connectivity index (χ0v) is 15.3. The normalized spacial score (nSPS) is 11.9. The lowest BCUT2D eigenvalue weighted by Crippen LogP contribution is -2.47. The van der Waals surface area contributed by atoms with Crippen LogP contribution in [0.5, 0.6) is 0 Å². The van der Waals surface area contributed by atoms with E-state index in [1.807, 2.05) is 18.2 Å². The Bertz CT molecular complexity index is 704. The van der Waals surface area contributed by atoms with E-state index in [0.29, 0.717) is 0 Å². The fourth-order valence-electron chi connectivity index (χ4n) is 2.67. The maximum atomic E-state index is 10.8. The monoisotopic (exact) mass is 338 g/mol. The summed E-state index contributed by atoms with van der Waals surface area (Å²) >= 11 is 0. The Labute approximate surface area is 140 Å². The fraction of sp³-hybridized carbons (Fsp3) is 0.444. The highest BCUT2D eigenvalue weighted by atomic mass is 32.2. The molecule has 2 rings (SSSR count). The van der Waals surface area contributed by atoms with Crippen molar-refractivity contribution in [2.75, 3.05) is 26.2 Å². The van der Waals surface area contributed by atoms with Gasteiger partial charge in [-0.05, 0) is 50.6 Å². The van der Waals surface area contributed by atoms with Crippen molar-refractivity contribution in [3.63, 3.8) is 0 Å². The van der Waals surface area contributed by atoms with Crippen molar-refractivity contribution in [3.05, 3.63) is 42.5 Å².